The summed E-state index contributed by atoms with van der Waals surface area (Å²) in [6.45, 7) is 1.99. The van der Waals surface area contributed by atoms with Gasteiger partial charge in [-0.3, -0.25) is 4.79 Å². The monoisotopic (exact) mass is 427 g/mol. The number of ether oxygens (including phenoxy) is 1. The lowest BCUT2D eigenvalue weighted by Gasteiger charge is -2.08. The molecule has 158 valence electrons. The second kappa shape index (κ2) is 8.10. The molecule has 0 aliphatic rings. The Labute approximate surface area is 174 Å². The Hall–Kier alpha value is -3.88. The zero-order chi connectivity index (χ0) is 22.0. The van der Waals surface area contributed by atoms with E-state index in [0.29, 0.717) is 23.1 Å². The van der Waals surface area contributed by atoms with Crippen LogP contribution in [0.2, 0.25) is 0 Å². The van der Waals surface area contributed by atoms with Crippen molar-refractivity contribution >= 4 is 0 Å². The molecule has 2 aromatic heterocycles. The first-order chi connectivity index (χ1) is 14.8. The van der Waals surface area contributed by atoms with Crippen LogP contribution < -0.4 is 10.3 Å². The van der Waals surface area contributed by atoms with Crippen LogP contribution in [0.3, 0.4) is 0 Å². The van der Waals surface area contributed by atoms with Crippen LogP contribution in [0.1, 0.15) is 16.7 Å². The molecule has 0 unspecified atom stereocenters. The molecular weight excluding hydrogens is 411 g/mol. The maximum atomic E-state index is 12.3. The average molecular weight is 427 g/mol. The van der Waals surface area contributed by atoms with Crippen LogP contribution in [0.5, 0.6) is 5.75 Å². The summed E-state index contributed by atoms with van der Waals surface area (Å²) < 4.78 is 46.0. The molecule has 6 nitrogen and oxygen atoms in total. The van der Waals surface area contributed by atoms with Crippen LogP contribution in [0.25, 0.3) is 22.8 Å². The fraction of sp³-hybridized carbons (Fsp3) is 0.136. The van der Waals surface area contributed by atoms with Crippen molar-refractivity contribution in [2.75, 3.05) is 0 Å². The quantitative estimate of drug-likeness (QED) is 0.491. The fourth-order valence-corrected chi connectivity index (χ4v) is 2.98. The van der Waals surface area contributed by atoms with E-state index in [0.717, 1.165) is 11.1 Å². The van der Waals surface area contributed by atoms with Crippen molar-refractivity contribution in [1.29, 1.82) is 0 Å². The zero-order valence-electron chi connectivity index (χ0n) is 16.2. The topological polar surface area (TPSA) is 81.0 Å². The highest BCUT2D eigenvalue weighted by molar-refractivity contribution is 5.60. The van der Waals surface area contributed by atoms with Crippen LogP contribution in [-0.2, 0) is 6.42 Å². The van der Waals surface area contributed by atoms with Gasteiger partial charge < -0.3 is 14.2 Å². The largest absolute Gasteiger partial charge is 0.573 e. The molecule has 9 heteroatoms. The molecule has 0 aliphatic carbocycles. The summed E-state index contributed by atoms with van der Waals surface area (Å²) in [6, 6.07) is 14.7. The Morgan fingerprint density at radius 1 is 1.03 bits per heavy atom. The summed E-state index contributed by atoms with van der Waals surface area (Å²) >= 11 is 0. The second-order valence-electron chi connectivity index (χ2n) is 6.90. The zero-order valence-corrected chi connectivity index (χ0v) is 16.2. The van der Waals surface area contributed by atoms with Crippen LogP contribution in [0.15, 0.2) is 70.1 Å². The molecule has 0 bridgehead atoms. The predicted octanol–water partition coefficient (Wildman–Crippen LogP) is 4.89. The number of H-pyrrole nitrogens is 1. The summed E-state index contributed by atoms with van der Waals surface area (Å²) in [7, 11) is 0. The third-order valence-corrected chi connectivity index (χ3v) is 4.51. The number of halogens is 3. The van der Waals surface area contributed by atoms with Gasteiger partial charge >= 0.3 is 6.36 Å². The number of aromatic nitrogens is 3. The SMILES string of the molecule is Cc1ccc(Cc2cc(-c3nc(-c4ccc(OC(F)(F)F)cc4)no3)c[nH]c2=O)cc1. The molecule has 0 radical (unpaired) electrons. The van der Waals surface area contributed by atoms with Crippen LogP contribution in [0.4, 0.5) is 13.2 Å². The summed E-state index contributed by atoms with van der Waals surface area (Å²) in [5, 5.41) is 3.87. The third-order valence-electron chi connectivity index (χ3n) is 4.51. The van der Waals surface area contributed by atoms with Crippen molar-refractivity contribution in [2.45, 2.75) is 19.7 Å². The first-order valence-corrected chi connectivity index (χ1v) is 9.24. The number of aryl methyl sites for hydroxylation is 1. The summed E-state index contributed by atoms with van der Waals surface area (Å²) in [4.78, 5) is 19.2. The molecule has 0 saturated heterocycles. The van der Waals surface area contributed by atoms with Crippen LogP contribution in [-0.4, -0.2) is 21.5 Å². The molecule has 31 heavy (non-hydrogen) atoms. The highest BCUT2D eigenvalue weighted by atomic mass is 19.4. The van der Waals surface area contributed by atoms with Gasteiger partial charge in [0.05, 0.1) is 5.56 Å². The van der Waals surface area contributed by atoms with Crippen molar-refractivity contribution in [3.8, 4) is 28.6 Å². The average Bonchev–Trinajstić information content (AvgIpc) is 3.21. The molecule has 2 heterocycles. The van der Waals surface area contributed by atoms with Gasteiger partial charge in [0, 0.05) is 23.7 Å². The maximum absolute atomic E-state index is 12.3. The van der Waals surface area contributed by atoms with Gasteiger partial charge in [0.1, 0.15) is 5.75 Å². The van der Waals surface area contributed by atoms with Crippen molar-refractivity contribution < 1.29 is 22.4 Å². The Bertz CT molecular complexity index is 1240. The van der Waals surface area contributed by atoms with Gasteiger partial charge in [0.15, 0.2) is 0 Å². The Balaban J connectivity index is 1.56. The Kier molecular flexibility index (Phi) is 5.33. The molecule has 2 aromatic carbocycles. The number of aromatic amines is 1. The first kappa shape index (κ1) is 20.4. The van der Waals surface area contributed by atoms with Crippen LogP contribution >= 0.6 is 0 Å². The highest BCUT2D eigenvalue weighted by Crippen LogP contribution is 2.27. The van der Waals surface area contributed by atoms with E-state index in [4.69, 9.17) is 4.52 Å². The number of benzene rings is 2. The molecule has 0 amide bonds. The van der Waals surface area contributed by atoms with E-state index in [1.165, 1.54) is 30.5 Å². The third kappa shape index (κ3) is 5.00. The molecule has 0 spiro atoms. The van der Waals surface area contributed by atoms with Gasteiger partial charge in [0.25, 0.3) is 11.4 Å². The Morgan fingerprint density at radius 3 is 2.42 bits per heavy atom. The number of hydrogen-bond donors (Lipinski definition) is 1. The minimum Gasteiger partial charge on any atom is -0.406 e. The van der Waals surface area contributed by atoms with Gasteiger partial charge in [-0.15, -0.1) is 13.2 Å². The van der Waals surface area contributed by atoms with Gasteiger partial charge in [0.2, 0.25) is 5.82 Å². The fourth-order valence-electron chi connectivity index (χ4n) is 2.98. The normalized spacial score (nSPS) is 11.5. The van der Waals surface area contributed by atoms with Gasteiger partial charge in [-0.25, -0.2) is 0 Å². The van der Waals surface area contributed by atoms with E-state index in [9.17, 15) is 18.0 Å². The molecule has 0 atom stereocenters. The molecule has 0 saturated carbocycles. The van der Waals surface area contributed by atoms with Gasteiger partial charge in [-0.1, -0.05) is 35.0 Å². The molecule has 0 aliphatic heterocycles. The lowest BCUT2D eigenvalue weighted by molar-refractivity contribution is -0.274. The van der Waals surface area contributed by atoms with E-state index >= 15 is 0 Å². The molecule has 4 rings (SSSR count). The Morgan fingerprint density at radius 2 is 1.74 bits per heavy atom. The molecule has 4 aromatic rings. The van der Waals surface area contributed by atoms with Crippen molar-refractivity contribution in [2.24, 2.45) is 0 Å². The predicted molar refractivity (Wildman–Crippen MR) is 106 cm³/mol. The minimum absolute atomic E-state index is 0.173. The van der Waals surface area contributed by atoms with Crippen LogP contribution in [0, 0.1) is 6.92 Å². The minimum atomic E-state index is -4.76. The maximum Gasteiger partial charge on any atom is 0.573 e. The van der Waals surface area contributed by atoms with Gasteiger partial charge in [-0.05, 0) is 42.8 Å². The summed E-state index contributed by atoms with van der Waals surface area (Å²) in [5.74, 6) is 0.0215. The summed E-state index contributed by atoms with van der Waals surface area (Å²) in [6.07, 6.45) is -2.86. The van der Waals surface area contributed by atoms with E-state index in [-0.39, 0.29) is 23.0 Å². The number of hydrogen-bond acceptors (Lipinski definition) is 5. The molecule has 0 fully saturated rings. The highest BCUT2D eigenvalue weighted by Gasteiger charge is 2.31. The van der Waals surface area contributed by atoms with Crippen molar-refractivity contribution in [3.05, 3.63) is 87.8 Å². The van der Waals surface area contributed by atoms with E-state index in [2.05, 4.69) is 19.9 Å². The lowest BCUT2D eigenvalue weighted by atomic mass is 10.0. The molecule has 1 N–H and O–H groups in total. The van der Waals surface area contributed by atoms with Crippen molar-refractivity contribution in [1.82, 2.24) is 15.1 Å². The second-order valence-corrected chi connectivity index (χ2v) is 6.90. The summed E-state index contributed by atoms with van der Waals surface area (Å²) in [5.41, 5.74) is 3.41. The number of alkyl halides is 3. The van der Waals surface area contributed by atoms with E-state index in [1.807, 2.05) is 31.2 Å². The number of nitrogens with one attached hydrogen (secondary N) is 1. The smallest absolute Gasteiger partial charge is 0.406 e. The molecular formula is C22H16F3N3O3. The standard InChI is InChI=1S/C22H16F3N3O3/c1-13-2-4-14(5-3-13)10-16-11-17(12-26-20(16)29)21-27-19(28-31-21)15-6-8-18(9-7-15)30-22(23,24)25/h2-9,11-12H,10H2,1H3,(H,26,29). The number of pyridine rings is 1. The number of nitrogens with zero attached hydrogens (tertiary/aromatic N) is 2. The van der Waals surface area contributed by atoms with E-state index < -0.39 is 6.36 Å². The van der Waals surface area contributed by atoms with E-state index in [1.54, 1.807) is 6.07 Å². The first-order valence-electron chi connectivity index (χ1n) is 9.24. The van der Waals surface area contributed by atoms with Crippen molar-refractivity contribution in [3.63, 3.8) is 0 Å². The number of rotatable bonds is 5. The lowest BCUT2D eigenvalue weighted by Crippen LogP contribution is -2.16. The van der Waals surface area contributed by atoms with Gasteiger partial charge in [-0.2, -0.15) is 4.98 Å².